The maximum atomic E-state index is 9.55. The van der Waals surface area contributed by atoms with E-state index in [2.05, 4.69) is 0 Å². The fraction of sp³-hybridized carbons (Fsp3) is 0. The molecule has 0 saturated carbocycles. The Hall–Kier alpha value is -0.0862. The van der Waals surface area contributed by atoms with Gasteiger partial charge in [0.2, 0.25) is 0 Å². The minimum absolute atomic E-state index is 0. The van der Waals surface area contributed by atoms with Crippen molar-refractivity contribution >= 4 is 11.9 Å². The summed E-state index contributed by atoms with van der Waals surface area (Å²) in [6, 6.07) is 0. The minimum Gasteiger partial charge on any atom is -0.478 e. The van der Waals surface area contributed by atoms with Crippen molar-refractivity contribution in [1.82, 2.24) is 0 Å². The maximum absolute atomic E-state index is 9.55. The van der Waals surface area contributed by atoms with Crippen LogP contribution in [-0.4, -0.2) is 22.2 Å². The summed E-state index contributed by atoms with van der Waals surface area (Å²) in [6.45, 7) is 0. The third-order valence-corrected chi connectivity index (χ3v) is 0.368. The molecule has 0 atom stereocenters. The molecule has 0 radical (unpaired) electrons. The Bertz CT molecular complexity index is 128. The second kappa shape index (κ2) is 8.91. The van der Waals surface area contributed by atoms with Gasteiger partial charge >= 0.3 is 11.9 Å². The molecule has 0 aliphatic carbocycles. The van der Waals surface area contributed by atoms with Crippen molar-refractivity contribution in [2.24, 2.45) is 0 Å². The van der Waals surface area contributed by atoms with E-state index >= 15 is 0 Å². The third-order valence-electron chi connectivity index (χ3n) is 0.368. The summed E-state index contributed by atoms with van der Waals surface area (Å²) in [6.07, 6.45) is 1.12. The Morgan fingerprint density at radius 1 is 1.00 bits per heavy atom. The first-order chi connectivity index (χ1) is 3.63. The van der Waals surface area contributed by atoms with E-state index in [-0.39, 0.29) is 38.8 Å². The van der Waals surface area contributed by atoms with Gasteiger partial charge in [0.1, 0.15) is 0 Å². The normalized spacial score (nSPS) is 7.60. The van der Waals surface area contributed by atoms with E-state index in [1.54, 1.807) is 0 Å². The Balaban J connectivity index is -0.000000245. The Morgan fingerprint density at radius 2 is 1.20 bits per heavy atom. The molecule has 0 fully saturated rings. The van der Waals surface area contributed by atoms with Gasteiger partial charge in [-0.15, -0.1) is 0 Å². The molecule has 0 aromatic heterocycles. The average Bonchev–Trinajstić information content (AvgIpc) is 1.61. The maximum Gasteiger partial charge on any atom is 0.328 e. The number of carboxylic acids is 2. The van der Waals surface area contributed by atoms with Crippen LogP contribution in [0.5, 0.6) is 0 Å². The van der Waals surface area contributed by atoms with Crippen molar-refractivity contribution in [1.29, 1.82) is 0 Å². The van der Waals surface area contributed by atoms with Crippen molar-refractivity contribution in [3.8, 4) is 0 Å². The summed E-state index contributed by atoms with van der Waals surface area (Å²) in [5, 5.41) is 15.6. The number of hydrogen-bond acceptors (Lipinski definition) is 2. The smallest absolute Gasteiger partial charge is 0.328 e. The van der Waals surface area contributed by atoms with E-state index in [9.17, 15) is 9.59 Å². The Labute approximate surface area is 82.7 Å². The molecule has 0 aliphatic rings. The van der Waals surface area contributed by atoms with E-state index in [4.69, 9.17) is 10.2 Å². The molecule has 0 aromatic carbocycles. The number of aliphatic carboxylic acids is 2. The van der Waals surface area contributed by atoms with Gasteiger partial charge in [-0.2, -0.15) is 0 Å². The van der Waals surface area contributed by atoms with Gasteiger partial charge < -0.3 is 10.2 Å². The van der Waals surface area contributed by atoms with Crippen LogP contribution >= 0.6 is 0 Å². The molecule has 0 unspecified atom stereocenters. The van der Waals surface area contributed by atoms with Gasteiger partial charge in [0.05, 0.1) is 0 Å². The van der Waals surface area contributed by atoms with Crippen molar-refractivity contribution in [2.45, 2.75) is 0 Å². The number of carbonyl (C=O) groups is 2. The van der Waals surface area contributed by atoms with Crippen LogP contribution in [0.1, 0.15) is 0 Å². The first-order valence-corrected chi connectivity index (χ1v) is 1.77. The monoisotopic (exact) mass is 220 g/mol. The second-order valence-corrected chi connectivity index (χ2v) is 1.01. The van der Waals surface area contributed by atoms with Crippen LogP contribution in [0.2, 0.25) is 0 Å². The molecule has 56 valence electrons. The topological polar surface area (TPSA) is 74.6 Å². The molecule has 2 N–H and O–H groups in total. The molecular formula is C4H4FeO4Ti. The summed E-state index contributed by atoms with van der Waals surface area (Å²) < 4.78 is 0. The van der Waals surface area contributed by atoms with Gasteiger partial charge in [0.25, 0.3) is 0 Å². The van der Waals surface area contributed by atoms with Crippen molar-refractivity contribution in [3.63, 3.8) is 0 Å². The van der Waals surface area contributed by atoms with Crippen LogP contribution in [0, 0.1) is 0 Å². The van der Waals surface area contributed by atoms with Crippen molar-refractivity contribution in [2.75, 3.05) is 0 Å². The van der Waals surface area contributed by atoms with Crippen LogP contribution in [-0.2, 0) is 48.4 Å². The molecular weight excluding hydrogens is 216 g/mol. The molecule has 6 heteroatoms. The number of carboxylic acid groups (broad SMARTS) is 2. The zero-order valence-corrected chi connectivity index (χ0v) is 7.38. The molecule has 0 aliphatic heterocycles. The standard InChI is InChI=1S/C4H4O4.Fe.Ti/c5-3(6)1-2-4(7)8;;/h1-2H,(H,5,6)(H,7,8);;/b2-1+;;. The van der Waals surface area contributed by atoms with E-state index in [0.717, 1.165) is 0 Å². The molecule has 10 heavy (non-hydrogen) atoms. The summed E-state index contributed by atoms with van der Waals surface area (Å²) in [7, 11) is 0. The minimum atomic E-state index is -1.26. The summed E-state index contributed by atoms with van der Waals surface area (Å²) in [4.78, 5) is 19.1. The SMILES string of the molecule is O=C(O)/C=C/C(=O)O.[Fe].[Ti]. The fourth-order valence-corrected chi connectivity index (χ4v) is 0.143. The first-order valence-electron chi connectivity index (χ1n) is 1.77. The van der Waals surface area contributed by atoms with Gasteiger partial charge in [-0.25, -0.2) is 9.59 Å². The molecule has 0 saturated heterocycles. The largest absolute Gasteiger partial charge is 0.478 e. The van der Waals surface area contributed by atoms with E-state index in [1.165, 1.54) is 0 Å². The van der Waals surface area contributed by atoms with Crippen molar-refractivity contribution < 1.29 is 58.6 Å². The third kappa shape index (κ3) is 15.7. The van der Waals surface area contributed by atoms with Crippen LogP contribution in [0.4, 0.5) is 0 Å². The number of rotatable bonds is 2. The second-order valence-electron chi connectivity index (χ2n) is 1.01. The fourth-order valence-electron chi connectivity index (χ4n) is 0.143. The van der Waals surface area contributed by atoms with Crippen LogP contribution in [0.25, 0.3) is 0 Å². The molecule has 0 spiro atoms. The van der Waals surface area contributed by atoms with Crippen LogP contribution < -0.4 is 0 Å². The zero-order chi connectivity index (χ0) is 6.57. The van der Waals surface area contributed by atoms with E-state index in [0.29, 0.717) is 12.2 Å². The predicted octanol–water partition coefficient (Wildman–Crippen LogP) is -0.293. The summed E-state index contributed by atoms with van der Waals surface area (Å²) in [5.74, 6) is -2.51. The van der Waals surface area contributed by atoms with E-state index < -0.39 is 11.9 Å². The Morgan fingerprint density at radius 3 is 1.30 bits per heavy atom. The van der Waals surface area contributed by atoms with Gasteiger partial charge in [-0.1, -0.05) is 0 Å². The average molecular weight is 220 g/mol. The van der Waals surface area contributed by atoms with Crippen LogP contribution in [0.15, 0.2) is 12.2 Å². The first kappa shape index (κ1) is 16.5. The molecule has 0 heterocycles. The quantitative estimate of drug-likeness (QED) is 0.495. The molecule has 0 amide bonds. The van der Waals surface area contributed by atoms with Crippen LogP contribution in [0.3, 0.4) is 0 Å². The zero-order valence-electron chi connectivity index (χ0n) is 4.72. The summed E-state index contributed by atoms with van der Waals surface area (Å²) >= 11 is 0. The van der Waals surface area contributed by atoms with Crippen molar-refractivity contribution in [3.05, 3.63) is 12.2 Å². The van der Waals surface area contributed by atoms with Gasteiger partial charge in [-0.05, 0) is 0 Å². The van der Waals surface area contributed by atoms with Gasteiger partial charge in [-0.3, -0.25) is 0 Å². The predicted molar refractivity (Wildman–Crippen MR) is 24.4 cm³/mol. The summed E-state index contributed by atoms with van der Waals surface area (Å²) in [5.41, 5.74) is 0. The molecule has 4 nitrogen and oxygen atoms in total. The van der Waals surface area contributed by atoms with E-state index in [1.807, 2.05) is 0 Å². The molecule has 0 aromatic rings. The Kier molecular flexibility index (Phi) is 14.7. The molecule has 0 rings (SSSR count). The van der Waals surface area contributed by atoms with Gasteiger partial charge in [0, 0.05) is 50.9 Å². The number of hydrogen-bond donors (Lipinski definition) is 2. The molecule has 0 bridgehead atoms. The van der Waals surface area contributed by atoms with Gasteiger partial charge in [0.15, 0.2) is 0 Å².